The van der Waals surface area contributed by atoms with Crippen LogP contribution in [0.2, 0.25) is 0 Å². The van der Waals surface area contributed by atoms with Crippen LogP contribution in [0.25, 0.3) is 5.76 Å². The number of phenolic OH excluding ortho intramolecular Hbond substituents is 1. The summed E-state index contributed by atoms with van der Waals surface area (Å²) in [5.74, 6) is -10.8. The molecule has 14 heteroatoms. The molecule has 3 aliphatic carbocycles. The van der Waals surface area contributed by atoms with Crippen molar-refractivity contribution >= 4 is 51.5 Å². The first-order chi connectivity index (χ1) is 16.6. The highest BCUT2D eigenvalue weighted by Gasteiger charge is 2.68. The van der Waals surface area contributed by atoms with Crippen LogP contribution >= 0.6 is 22.6 Å². The van der Waals surface area contributed by atoms with Gasteiger partial charge in [0.25, 0.3) is 5.91 Å². The Bertz CT molecular complexity index is 1340. The first kappa shape index (κ1) is 26.0. The molecule has 0 aromatic heterocycles. The molecule has 0 radical (unpaired) electrons. The quantitative estimate of drug-likeness (QED) is 0.115. The van der Waals surface area contributed by atoms with E-state index in [9.17, 15) is 50.0 Å². The van der Waals surface area contributed by atoms with Gasteiger partial charge in [0.1, 0.15) is 17.1 Å². The third-order valence-corrected chi connectivity index (χ3v) is 8.24. The zero-order valence-electron chi connectivity index (χ0n) is 19.1. The number of likely N-dealkylation sites (N-methyl/N-ethyl adjacent to an activating group) is 1. The molecule has 1 fully saturated rings. The van der Waals surface area contributed by atoms with Crippen molar-refractivity contribution in [2.75, 3.05) is 14.1 Å². The predicted octanol–water partition coefficient (Wildman–Crippen LogP) is 0.00860. The van der Waals surface area contributed by atoms with Gasteiger partial charge in [-0.15, -0.1) is 0 Å². The minimum atomic E-state index is -3.05. The van der Waals surface area contributed by atoms with E-state index < -0.39 is 97.6 Å². The number of nitrogens with two attached hydrogens (primary N) is 1. The van der Waals surface area contributed by atoms with Gasteiger partial charge in [-0.25, -0.2) is 0 Å². The number of ketones is 2. The third kappa shape index (κ3) is 3.07. The highest BCUT2D eigenvalue weighted by molar-refractivity contribution is 14.1. The van der Waals surface area contributed by atoms with Gasteiger partial charge >= 0.3 is 5.69 Å². The van der Waals surface area contributed by atoms with Gasteiger partial charge in [0.15, 0.2) is 11.4 Å². The van der Waals surface area contributed by atoms with Crippen LogP contribution in [-0.4, -0.2) is 84.7 Å². The fourth-order valence-corrected chi connectivity index (χ4v) is 6.89. The first-order valence-corrected chi connectivity index (χ1v) is 11.7. The number of rotatable bonds is 3. The highest BCUT2D eigenvalue weighted by atomic mass is 127. The zero-order chi connectivity index (χ0) is 27.2. The molecule has 4 rings (SSSR count). The number of aliphatic hydroxyl groups excluding tert-OH is 3. The van der Waals surface area contributed by atoms with Crippen molar-refractivity contribution in [2.24, 2.45) is 17.6 Å². The molecule has 0 unspecified atom stereocenters. The number of carbonyl (C=O) groups excluding carboxylic acids is 3. The summed E-state index contributed by atoms with van der Waals surface area (Å²) < 4.78 is 0.258. The van der Waals surface area contributed by atoms with Crippen molar-refractivity contribution in [2.45, 2.75) is 30.6 Å². The molecule has 1 aromatic rings. The molecule has 1 aromatic carbocycles. The lowest BCUT2D eigenvalue weighted by molar-refractivity contribution is -0.386. The number of hydrogen-bond acceptors (Lipinski definition) is 11. The normalized spacial score (nSPS) is 31.8. The minimum Gasteiger partial charge on any atom is -0.508 e. The Hall–Kier alpha value is -3.08. The summed E-state index contributed by atoms with van der Waals surface area (Å²) in [6.07, 6.45) is -1.74. The topological polar surface area (TPSA) is 225 Å². The van der Waals surface area contributed by atoms with Crippen molar-refractivity contribution in [3.05, 3.63) is 47.8 Å². The molecule has 7 N–H and O–H groups in total. The van der Waals surface area contributed by atoms with Gasteiger partial charge in [-0.2, -0.15) is 0 Å². The summed E-state index contributed by atoms with van der Waals surface area (Å²) in [4.78, 5) is 50.8. The summed E-state index contributed by atoms with van der Waals surface area (Å²) in [7, 11) is 2.81. The second-order valence-corrected chi connectivity index (χ2v) is 10.5. The number of hydrogen-bond donors (Lipinski definition) is 6. The number of benzene rings is 1. The van der Waals surface area contributed by atoms with Crippen LogP contribution in [0.1, 0.15) is 24.0 Å². The lowest BCUT2D eigenvalue weighted by atomic mass is 9.54. The van der Waals surface area contributed by atoms with Crippen molar-refractivity contribution in [1.29, 1.82) is 0 Å². The summed E-state index contributed by atoms with van der Waals surface area (Å²) in [5, 5.41) is 67.1. The van der Waals surface area contributed by atoms with Crippen LogP contribution in [0.4, 0.5) is 5.69 Å². The minimum absolute atomic E-state index is 0.211. The average Bonchev–Trinajstić information content (AvgIpc) is 2.77. The molecule has 0 spiro atoms. The smallest absolute Gasteiger partial charge is 0.312 e. The van der Waals surface area contributed by atoms with Gasteiger partial charge in [-0.1, -0.05) is 6.92 Å². The molecule has 6 atom stereocenters. The van der Waals surface area contributed by atoms with E-state index in [0.29, 0.717) is 0 Å². The summed E-state index contributed by atoms with van der Waals surface area (Å²) in [5.41, 5.74) is -0.391. The number of nitro benzene ring substituents is 1. The monoisotopic (exact) mass is 615 g/mol. The Kier molecular flexibility index (Phi) is 5.94. The standard InChI is InChI=1S/C22H22IN3O10/c1-5-8-6(23)4-7(26(35)36)15(27)10(8)16(28)11-9(5)17(29)13-14(25(2)3)18(30)12(21(24)33)20(32)22(13,34)19(11)31/h4-5,9,13-14,17,27-29,32,34H,1-3H3,(H2,24,33)/t5-,9+,13+,14-,17-,22-/m0/s1. The predicted molar refractivity (Wildman–Crippen MR) is 130 cm³/mol. The first-order valence-electron chi connectivity index (χ1n) is 10.6. The lowest BCUT2D eigenvalue weighted by Gasteiger charge is -2.53. The van der Waals surface area contributed by atoms with Crippen LogP contribution < -0.4 is 5.73 Å². The average molecular weight is 615 g/mol. The molecule has 192 valence electrons. The molecule has 13 nitrogen and oxygen atoms in total. The number of primary amides is 1. The van der Waals surface area contributed by atoms with E-state index in [1.54, 1.807) is 29.5 Å². The molecule has 1 amide bonds. The Labute approximate surface area is 216 Å². The van der Waals surface area contributed by atoms with Gasteiger partial charge in [0.05, 0.1) is 28.6 Å². The van der Waals surface area contributed by atoms with Crippen LogP contribution in [0.3, 0.4) is 0 Å². The Morgan fingerprint density at radius 2 is 1.83 bits per heavy atom. The molecular formula is C22H22IN3O10. The molecule has 0 bridgehead atoms. The number of nitrogens with zero attached hydrogens (tertiary/aromatic N) is 2. The maximum atomic E-state index is 13.8. The van der Waals surface area contributed by atoms with Gasteiger partial charge < -0.3 is 31.3 Å². The largest absolute Gasteiger partial charge is 0.508 e. The summed E-state index contributed by atoms with van der Waals surface area (Å²) in [6.45, 7) is 1.55. The maximum Gasteiger partial charge on any atom is 0.312 e. The SMILES string of the molecule is C[C@H]1c2c(I)cc([N+](=O)[O-])c(O)c2C(O)=C2C(=O)[C@]3(O)C(O)=C(C(N)=O)C(=O)[C@@H](N(C)C)[C@@H]3[C@@H](O)[C@@H]21. The number of aromatic hydroxyl groups is 1. The van der Waals surface area contributed by atoms with Crippen LogP contribution in [0.5, 0.6) is 5.75 Å². The fraction of sp³-hybridized carbons (Fsp3) is 0.409. The van der Waals surface area contributed by atoms with E-state index in [1.807, 2.05) is 0 Å². The van der Waals surface area contributed by atoms with Crippen LogP contribution in [0.15, 0.2) is 23.0 Å². The second kappa shape index (κ2) is 8.22. The lowest BCUT2D eigenvalue weighted by Crippen LogP contribution is -2.70. The number of Topliss-reactive ketones (excluding diaryl/α,β-unsaturated/α-hetero) is 2. The van der Waals surface area contributed by atoms with Gasteiger partial charge in [0.2, 0.25) is 11.5 Å². The number of carbonyl (C=O) groups is 3. The van der Waals surface area contributed by atoms with E-state index in [1.165, 1.54) is 19.0 Å². The number of nitro groups is 1. The molecule has 3 aliphatic rings. The van der Waals surface area contributed by atoms with Crippen molar-refractivity contribution < 1.29 is 44.8 Å². The van der Waals surface area contributed by atoms with E-state index in [2.05, 4.69) is 0 Å². The maximum absolute atomic E-state index is 13.8. The summed E-state index contributed by atoms with van der Waals surface area (Å²) in [6, 6.07) is -0.383. The molecule has 1 saturated carbocycles. The third-order valence-electron chi connectivity index (χ3n) is 7.35. The number of halogens is 1. The Balaban J connectivity index is 2.10. The number of phenols is 1. The number of fused-ring (bicyclic) bond motifs is 3. The Morgan fingerprint density at radius 1 is 1.25 bits per heavy atom. The zero-order valence-corrected chi connectivity index (χ0v) is 21.2. The van der Waals surface area contributed by atoms with E-state index in [0.717, 1.165) is 6.07 Å². The van der Waals surface area contributed by atoms with E-state index >= 15 is 0 Å². The molecule has 0 saturated heterocycles. The highest BCUT2D eigenvalue weighted by Crippen LogP contribution is 2.57. The number of aliphatic hydroxyl groups is 4. The Morgan fingerprint density at radius 3 is 2.33 bits per heavy atom. The van der Waals surface area contributed by atoms with Gasteiger partial charge in [-0.05, 0) is 48.2 Å². The molecule has 0 heterocycles. The second-order valence-electron chi connectivity index (χ2n) is 9.32. The van der Waals surface area contributed by atoms with Crippen LogP contribution in [0, 0.1) is 25.5 Å². The number of amides is 1. The molecule has 36 heavy (non-hydrogen) atoms. The van der Waals surface area contributed by atoms with Gasteiger partial charge in [0, 0.05) is 21.1 Å². The fourth-order valence-electron chi connectivity index (χ4n) is 5.83. The van der Waals surface area contributed by atoms with Crippen molar-refractivity contribution in [1.82, 2.24) is 4.90 Å². The van der Waals surface area contributed by atoms with E-state index in [4.69, 9.17) is 5.73 Å². The van der Waals surface area contributed by atoms with Crippen LogP contribution in [-0.2, 0) is 14.4 Å². The molecule has 0 aliphatic heterocycles. The van der Waals surface area contributed by atoms with Gasteiger partial charge in [-0.3, -0.25) is 29.4 Å². The molecular weight excluding hydrogens is 593 g/mol. The van der Waals surface area contributed by atoms with Crippen molar-refractivity contribution in [3.63, 3.8) is 0 Å². The van der Waals surface area contributed by atoms with Crippen molar-refractivity contribution in [3.8, 4) is 5.75 Å². The van der Waals surface area contributed by atoms with E-state index in [-0.39, 0.29) is 9.13 Å². The summed E-state index contributed by atoms with van der Waals surface area (Å²) >= 11 is 1.76.